The summed E-state index contributed by atoms with van der Waals surface area (Å²) in [5, 5.41) is 15.6. The molecule has 1 amide bonds. The van der Waals surface area contributed by atoms with Gasteiger partial charge in [0.15, 0.2) is 9.84 Å². The van der Waals surface area contributed by atoms with Crippen molar-refractivity contribution in [2.24, 2.45) is 5.41 Å². The van der Waals surface area contributed by atoms with Crippen LogP contribution in [0.3, 0.4) is 0 Å². The summed E-state index contributed by atoms with van der Waals surface area (Å²) in [4.78, 5) is 13.3. The van der Waals surface area contributed by atoms with Gasteiger partial charge in [-0.1, -0.05) is 25.8 Å². The molecule has 0 radical (unpaired) electrons. The molecule has 1 aromatic heterocycles. The van der Waals surface area contributed by atoms with Crippen molar-refractivity contribution in [1.29, 1.82) is 5.26 Å². The lowest BCUT2D eigenvalue weighted by Crippen LogP contribution is -2.58. The summed E-state index contributed by atoms with van der Waals surface area (Å²) in [5.41, 5.74) is -1.54. The summed E-state index contributed by atoms with van der Waals surface area (Å²) in [6.07, 6.45) is -1.02. The van der Waals surface area contributed by atoms with Gasteiger partial charge in [0.1, 0.15) is 17.6 Å². The van der Waals surface area contributed by atoms with E-state index in [1.165, 1.54) is 0 Å². The van der Waals surface area contributed by atoms with E-state index in [1.54, 1.807) is 17.5 Å². The van der Waals surface area contributed by atoms with Crippen LogP contribution in [0, 0.1) is 16.7 Å². The largest absolute Gasteiger partial charge is 0.404 e. The number of nitriles is 1. The molecule has 32 heavy (non-hydrogen) atoms. The Morgan fingerprint density at radius 1 is 1.28 bits per heavy atom. The molecule has 2 fully saturated rings. The number of amides is 1. The Hall–Kier alpha value is -1.64. The van der Waals surface area contributed by atoms with Crippen molar-refractivity contribution < 1.29 is 26.4 Å². The van der Waals surface area contributed by atoms with Crippen LogP contribution in [-0.2, 0) is 21.1 Å². The number of sulfone groups is 1. The highest BCUT2D eigenvalue weighted by Crippen LogP contribution is 2.39. The van der Waals surface area contributed by atoms with Gasteiger partial charge < -0.3 is 5.32 Å². The molecular weight excluding hydrogens is 463 g/mol. The zero-order chi connectivity index (χ0) is 23.6. The van der Waals surface area contributed by atoms with Crippen molar-refractivity contribution in [2.45, 2.75) is 75.7 Å². The van der Waals surface area contributed by atoms with Gasteiger partial charge in [-0.15, -0.1) is 11.3 Å². The summed E-state index contributed by atoms with van der Waals surface area (Å²) in [6, 6.07) is 1.45. The van der Waals surface area contributed by atoms with E-state index in [4.69, 9.17) is 0 Å². The van der Waals surface area contributed by atoms with Crippen molar-refractivity contribution in [2.75, 3.05) is 11.5 Å². The van der Waals surface area contributed by atoms with E-state index in [0.29, 0.717) is 17.7 Å². The Balaban J connectivity index is 1.80. The van der Waals surface area contributed by atoms with Crippen LogP contribution in [0.1, 0.15) is 50.3 Å². The number of hydrogen-bond donors (Lipinski definition) is 2. The Bertz CT molecular complexity index is 945. The molecule has 0 bridgehead atoms. The second-order valence-corrected chi connectivity index (χ2v) is 12.5. The summed E-state index contributed by atoms with van der Waals surface area (Å²) in [5.74, 6) is -1.80. The zero-order valence-electron chi connectivity index (χ0n) is 17.9. The lowest BCUT2D eigenvalue weighted by atomic mass is 9.92. The standard InChI is InChI=1S/C21H28F3N3O3S2/c1-19(6-2-3-7-19)14-32(29,30)12-16(18(28)27-20(13-25)8-9-20)26-17(21(22,23)24)11-15-5-4-10-31-15/h4-5,10,16-17,26H,2-3,6-9,11-12,14H2,1H3,(H,27,28)/t16-,17+/m0/s1. The minimum absolute atomic E-state index is 0.170. The van der Waals surface area contributed by atoms with Crippen LogP contribution in [0.15, 0.2) is 17.5 Å². The number of alkyl halides is 3. The number of carbonyl (C=O) groups excluding carboxylic acids is 1. The summed E-state index contributed by atoms with van der Waals surface area (Å²) in [6.45, 7) is 1.87. The van der Waals surface area contributed by atoms with Crippen molar-refractivity contribution >= 4 is 27.1 Å². The molecule has 1 heterocycles. The van der Waals surface area contributed by atoms with E-state index in [0.717, 1.165) is 37.0 Å². The molecule has 2 aliphatic rings. The molecule has 2 N–H and O–H groups in total. The molecule has 2 aliphatic carbocycles. The normalized spacial score (nSPS) is 21.5. The lowest BCUT2D eigenvalue weighted by Gasteiger charge is -2.29. The average Bonchev–Trinajstić information content (AvgIpc) is 3.05. The molecule has 0 spiro atoms. The second-order valence-electron chi connectivity index (χ2n) is 9.35. The average molecular weight is 492 g/mol. The first-order valence-electron chi connectivity index (χ1n) is 10.6. The first-order chi connectivity index (χ1) is 14.9. The van der Waals surface area contributed by atoms with Crippen LogP contribution < -0.4 is 10.6 Å². The van der Waals surface area contributed by atoms with E-state index in [1.807, 2.05) is 13.0 Å². The summed E-state index contributed by atoms with van der Waals surface area (Å²) < 4.78 is 67.2. The Morgan fingerprint density at radius 3 is 2.44 bits per heavy atom. The van der Waals surface area contributed by atoms with Crippen molar-refractivity contribution in [3.63, 3.8) is 0 Å². The molecule has 0 saturated heterocycles. The minimum Gasteiger partial charge on any atom is -0.336 e. The van der Waals surface area contributed by atoms with Gasteiger partial charge in [0.2, 0.25) is 5.91 Å². The van der Waals surface area contributed by atoms with Crippen LogP contribution >= 0.6 is 11.3 Å². The van der Waals surface area contributed by atoms with Crippen LogP contribution in [0.2, 0.25) is 0 Å². The smallest absolute Gasteiger partial charge is 0.336 e. The molecule has 11 heteroatoms. The Morgan fingerprint density at radius 2 is 1.94 bits per heavy atom. The predicted octanol–water partition coefficient (Wildman–Crippen LogP) is 3.35. The van der Waals surface area contributed by atoms with Crippen LogP contribution in [0.25, 0.3) is 0 Å². The van der Waals surface area contributed by atoms with Gasteiger partial charge >= 0.3 is 6.18 Å². The molecule has 2 saturated carbocycles. The topological polar surface area (TPSA) is 99.1 Å². The highest BCUT2D eigenvalue weighted by atomic mass is 32.2. The maximum Gasteiger partial charge on any atom is 0.404 e. The highest BCUT2D eigenvalue weighted by Gasteiger charge is 2.48. The summed E-state index contributed by atoms with van der Waals surface area (Å²) >= 11 is 1.16. The second kappa shape index (κ2) is 9.31. The third-order valence-electron chi connectivity index (χ3n) is 6.23. The fourth-order valence-electron chi connectivity index (χ4n) is 4.27. The molecule has 0 unspecified atom stereocenters. The van der Waals surface area contributed by atoms with E-state index in [9.17, 15) is 31.6 Å². The van der Waals surface area contributed by atoms with E-state index in [-0.39, 0.29) is 5.75 Å². The number of halogens is 3. The monoisotopic (exact) mass is 491 g/mol. The Labute approximate surface area is 190 Å². The number of thiophene rings is 1. The van der Waals surface area contributed by atoms with E-state index >= 15 is 0 Å². The van der Waals surface area contributed by atoms with Gasteiger partial charge in [-0.25, -0.2) is 8.42 Å². The maximum absolute atomic E-state index is 13.8. The minimum atomic E-state index is -4.68. The predicted molar refractivity (Wildman–Crippen MR) is 116 cm³/mol. The molecule has 0 aliphatic heterocycles. The number of nitrogens with zero attached hydrogens (tertiary/aromatic N) is 1. The van der Waals surface area contributed by atoms with E-state index < -0.39 is 57.1 Å². The van der Waals surface area contributed by atoms with Gasteiger partial charge in [0.05, 0.1) is 17.6 Å². The quantitative estimate of drug-likeness (QED) is 0.523. The number of rotatable bonds is 10. The SMILES string of the molecule is CC1(CS(=O)(=O)C[C@H](N[C@H](Cc2cccs2)C(F)(F)F)C(=O)NC2(C#N)CC2)CCCC1. The van der Waals surface area contributed by atoms with Gasteiger partial charge in [-0.3, -0.25) is 10.1 Å². The maximum atomic E-state index is 13.8. The zero-order valence-corrected chi connectivity index (χ0v) is 19.5. The van der Waals surface area contributed by atoms with Gasteiger partial charge in [-0.05, 0) is 42.5 Å². The van der Waals surface area contributed by atoms with Crippen molar-refractivity contribution in [3.8, 4) is 6.07 Å². The molecule has 1 aromatic rings. The third-order valence-corrected chi connectivity index (χ3v) is 9.10. The molecule has 3 rings (SSSR count). The fraction of sp³-hybridized carbons (Fsp3) is 0.714. The summed E-state index contributed by atoms with van der Waals surface area (Å²) in [7, 11) is -3.83. The first kappa shape index (κ1) is 25.0. The van der Waals surface area contributed by atoms with Crippen LogP contribution in [-0.4, -0.2) is 49.6 Å². The van der Waals surface area contributed by atoms with Gasteiger partial charge in [0.25, 0.3) is 0 Å². The van der Waals surface area contributed by atoms with Crippen molar-refractivity contribution in [3.05, 3.63) is 22.4 Å². The third kappa shape index (κ3) is 6.68. The van der Waals surface area contributed by atoms with E-state index in [2.05, 4.69) is 10.6 Å². The number of carbonyl (C=O) groups is 1. The molecular formula is C21H28F3N3O3S2. The van der Waals surface area contributed by atoms with Crippen LogP contribution in [0.4, 0.5) is 13.2 Å². The van der Waals surface area contributed by atoms with Gasteiger partial charge in [0, 0.05) is 11.3 Å². The lowest BCUT2D eigenvalue weighted by molar-refractivity contribution is -0.158. The highest BCUT2D eigenvalue weighted by molar-refractivity contribution is 7.91. The Kier molecular flexibility index (Phi) is 7.27. The fourth-order valence-corrected chi connectivity index (χ4v) is 7.25. The number of hydrogen-bond acceptors (Lipinski definition) is 6. The molecule has 178 valence electrons. The number of nitrogens with one attached hydrogen (secondary N) is 2. The molecule has 0 aromatic carbocycles. The van der Waals surface area contributed by atoms with Crippen molar-refractivity contribution in [1.82, 2.24) is 10.6 Å². The van der Waals surface area contributed by atoms with Gasteiger partial charge in [-0.2, -0.15) is 18.4 Å². The molecule has 2 atom stereocenters. The first-order valence-corrected chi connectivity index (χ1v) is 13.3. The van der Waals surface area contributed by atoms with Crippen LogP contribution in [0.5, 0.6) is 0 Å². The molecule has 6 nitrogen and oxygen atoms in total.